The first-order chi connectivity index (χ1) is 23.8. The summed E-state index contributed by atoms with van der Waals surface area (Å²) < 4.78 is 37.9. The summed E-state index contributed by atoms with van der Waals surface area (Å²) in [5.74, 6) is 3.27. The maximum atomic E-state index is 12.0. The van der Waals surface area contributed by atoms with Crippen molar-refractivity contribution in [3.63, 3.8) is 0 Å². The Labute approximate surface area is 344 Å². The molecular weight excluding hydrogens is 784 g/mol. The summed E-state index contributed by atoms with van der Waals surface area (Å²) in [7, 11) is 0. The molecule has 4 aromatic carbocycles. The maximum absolute atomic E-state index is 12.0. The number of alkyl halides is 3. The average Bonchev–Trinajstić information content (AvgIpc) is 3.56. The van der Waals surface area contributed by atoms with Crippen LogP contribution in [-0.2, 0) is 54.1 Å². The van der Waals surface area contributed by atoms with Gasteiger partial charge in [-0.15, -0.1) is 5.56 Å². The molecule has 0 spiro atoms. The van der Waals surface area contributed by atoms with E-state index in [2.05, 4.69) is 104 Å². The zero-order chi connectivity index (χ0) is 36.9. The second-order valence-corrected chi connectivity index (χ2v) is 19.1. The van der Waals surface area contributed by atoms with Crippen LogP contribution in [0.4, 0.5) is 13.2 Å². The number of hydrogen-bond acceptors (Lipinski definition) is 0. The van der Waals surface area contributed by atoms with E-state index in [4.69, 9.17) is 0 Å². The zero-order valence-corrected chi connectivity index (χ0v) is 36.7. The van der Waals surface area contributed by atoms with Crippen molar-refractivity contribution in [1.82, 2.24) is 0 Å². The average molecular weight is 839 g/mol. The molecule has 0 amide bonds. The standard InChI is InChI=1S/C21H25.C18H25.C8H5F3.2ClH.Zr/c1-20(2,3)16-9-7-14-11-15-8-10-17(21(4,5)6)13-19(15)18(14)12-16;1-12-3-13(2)17(4-12)11-18-8-14-5-15(9-18)7-16(6-14)10-18;1-6-2-4-7(5-3-6)8(9,10)11;;;/h7,9-10,12-13H,11H2,1-6H3;3-4,14-16H,5-11H2,1-2H3;1-5H;2*1H;/q2*-1;;;;+2/p-2. The first-order valence-corrected chi connectivity index (χ1v) is 20.3. The molecule has 6 heteroatoms. The van der Waals surface area contributed by atoms with Gasteiger partial charge >= 0.3 is 82.7 Å². The van der Waals surface area contributed by atoms with E-state index in [1.54, 1.807) is 49.7 Å². The molecule has 0 heterocycles. The van der Waals surface area contributed by atoms with Crippen LogP contribution in [0, 0.1) is 43.1 Å². The van der Waals surface area contributed by atoms with Gasteiger partial charge < -0.3 is 24.8 Å². The molecule has 4 saturated carbocycles. The summed E-state index contributed by atoms with van der Waals surface area (Å²) in [5, 5.41) is 0. The van der Waals surface area contributed by atoms with Gasteiger partial charge in [0.15, 0.2) is 0 Å². The molecule has 0 unspecified atom stereocenters. The molecule has 53 heavy (non-hydrogen) atoms. The van der Waals surface area contributed by atoms with Gasteiger partial charge in [0.05, 0.1) is 0 Å². The quantitative estimate of drug-likeness (QED) is 0.175. The van der Waals surface area contributed by atoms with E-state index in [1.165, 1.54) is 81.7 Å². The molecule has 284 valence electrons. The zero-order valence-electron chi connectivity index (χ0n) is 32.7. The van der Waals surface area contributed by atoms with E-state index in [1.807, 2.05) is 3.71 Å². The van der Waals surface area contributed by atoms with Crippen LogP contribution in [0.5, 0.6) is 0 Å². The first kappa shape index (κ1) is 43.9. The van der Waals surface area contributed by atoms with Gasteiger partial charge in [0, 0.05) is 0 Å². The van der Waals surface area contributed by atoms with Crippen molar-refractivity contribution in [2.45, 2.75) is 124 Å². The van der Waals surface area contributed by atoms with E-state index in [9.17, 15) is 13.2 Å². The van der Waals surface area contributed by atoms with Crippen LogP contribution in [0.2, 0.25) is 0 Å². The van der Waals surface area contributed by atoms with Gasteiger partial charge in [-0.1, -0.05) is 96.6 Å². The first-order valence-electron chi connectivity index (χ1n) is 18.9. The Hall–Kier alpha value is -1.87. The van der Waals surface area contributed by atoms with Gasteiger partial charge in [0.2, 0.25) is 0 Å². The van der Waals surface area contributed by atoms with Gasteiger partial charge in [0.1, 0.15) is 0 Å². The van der Waals surface area contributed by atoms with Crippen molar-refractivity contribution >= 4 is 3.71 Å². The Bertz CT molecular complexity index is 1770. The maximum Gasteiger partial charge on any atom is -1.00 e. The topological polar surface area (TPSA) is 0 Å². The molecule has 0 nitrogen and oxygen atoms in total. The molecule has 0 aliphatic heterocycles. The molecule has 0 N–H and O–H groups in total. The van der Waals surface area contributed by atoms with Crippen molar-refractivity contribution in [2.24, 2.45) is 23.2 Å². The fraction of sp³-hybridized carbons (Fsp3) is 0.489. The van der Waals surface area contributed by atoms with Crippen LogP contribution in [0.3, 0.4) is 0 Å². The van der Waals surface area contributed by atoms with Gasteiger partial charge in [-0.3, -0.25) is 0 Å². The number of fused-ring (bicyclic) bond motifs is 3. The third-order valence-electron chi connectivity index (χ3n) is 12.0. The second kappa shape index (κ2) is 16.7. The summed E-state index contributed by atoms with van der Waals surface area (Å²) in [6.45, 7) is 18.2. The molecule has 0 aromatic heterocycles. The Morgan fingerprint density at radius 3 is 1.75 bits per heavy atom. The van der Waals surface area contributed by atoms with Gasteiger partial charge in [-0.25, -0.2) is 6.07 Å². The van der Waals surface area contributed by atoms with Crippen molar-refractivity contribution in [2.75, 3.05) is 0 Å². The largest absolute Gasteiger partial charge is 1.00 e. The van der Waals surface area contributed by atoms with E-state index < -0.39 is 11.7 Å². The Morgan fingerprint density at radius 1 is 0.755 bits per heavy atom. The van der Waals surface area contributed by atoms with Crippen LogP contribution < -0.4 is 24.8 Å². The second-order valence-electron chi connectivity index (χ2n) is 18.4. The minimum Gasteiger partial charge on any atom is -1.00 e. The van der Waals surface area contributed by atoms with Crippen LogP contribution in [0.25, 0.3) is 11.1 Å². The Morgan fingerprint density at radius 2 is 1.28 bits per heavy atom. The summed E-state index contributed by atoms with van der Waals surface area (Å²) >= 11 is 1.18. The van der Waals surface area contributed by atoms with Crippen LogP contribution >= 0.6 is 0 Å². The molecular formula is C47H55Cl2F3Zr-2. The fourth-order valence-electron chi connectivity index (χ4n) is 9.72. The smallest absolute Gasteiger partial charge is 1.00 e. The predicted octanol–water partition coefficient (Wildman–Crippen LogP) is 6.84. The predicted molar refractivity (Wildman–Crippen MR) is 203 cm³/mol. The third-order valence-corrected chi connectivity index (χ3v) is 12.8. The SMILES string of the molecule is CC(C)(C)c1c[c-]c2c(c1)-c1cc(C(C)(C)C)ccc1C2.Cc1cc(CC23CC4CC(CC(C4)C2)C3)c(C)[cH-]1.FC(F)(F)c1ccc([CH]=[Zr+2])cc1.[Cl-].[Cl-]. The van der Waals surface area contributed by atoms with Crippen LogP contribution in [-0.4, -0.2) is 3.71 Å². The van der Waals surface area contributed by atoms with Gasteiger partial charge in [-0.2, -0.15) is 52.1 Å². The summed E-state index contributed by atoms with van der Waals surface area (Å²) in [5.41, 5.74) is 14.4. The minimum absolute atomic E-state index is 0. The number of hydrogen-bond donors (Lipinski definition) is 0. The number of benzene rings is 3. The molecule has 4 bridgehead atoms. The summed E-state index contributed by atoms with van der Waals surface area (Å²) in [6, 6.07) is 25.0. The van der Waals surface area contributed by atoms with Crippen molar-refractivity contribution in [3.8, 4) is 11.1 Å². The van der Waals surface area contributed by atoms with E-state index >= 15 is 0 Å². The van der Waals surface area contributed by atoms with Gasteiger partial charge in [0.25, 0.3) is 0 Å². The molecule has 0 atom stereocenters. The third kappa shape index (κ3) is 10.3. The molecule has 4 aromatic rings. The molecule has 0 radical (unpaired) electrons. The summed E-state index contributed by atoms with van der Waals surface area (Å²) in [6.07, 6.45) is 7.53. The normalized spacial score (nSPS) is 22.2. The number of halogens is 5. The Balaban J connectivity index is 0.000000180. The molecule has 0 saturated heterocycles. The van der Waals surface area contributed by atoms with E-state index in [0.29, 0.717) is 5.41 Å². The monoisotopic (exact) mass is 836 g/mol. The van der Waals surface area contributed by atoms with Crippen molar-refractivity contribution < 1.29 is 62.2 Å². The van der Waals surface area contributed by atoms with Gasteiger partial charge in [-0.05, 0) is 79.1 Å². The number of rotatable bonds is 3. The number of aryl methyl sites for hydroxylation is 2. The summed E-state index contributed by atoms with van der Waals surface area (Å²) in [4.78, 5) is 0. The molecule has 5 aliphatic rings. The molecule has 4 fully saturated rings. The van der Waals surface area contributed by atoms with E-state index in [0.717, 1.165) is 41.9 Å². The molecule has 5 aliphatic carbocycles. The van der Waals surface area contributed by atoms with E-state index in [-0.39, 0.29) is 35.6 Å². The molecule has 9 rings (SSSR count). The van der Waals surface area contributed by atoms with Crippen molar-refractivity contribution in [3.05, 3.63) is 123 Å². The van der Waals surface area contributed by atoms with Crippen LogP contribution in [0.1, 0.15) is 130 Å². The van der Waals surface area contributed by atoms with Crippen LogP contribution in [0.15, 0.2) is 66.7 Å². The minimum atomic E-state index is -4.22. The van der Waals surface area contributed by atoms with Crippen molar-refractivity contribution in [1.29, 1.82) is 0 Å². The Kier molecular flexibility index (Phi) is 13.8. The fourth-order valence-corrected chi connectivity index (χ4v) is 10.2.